The quantitative estimate of drug-likeness (QED) is 0.902. The van der Waals surface area contributed by atoms with Crippen LogP contribution >= 0.6 is 0 Å². The SMILES string of the molecule is CCOC(=O)N1CCC(NC(=O)c2ccco2)CC1. The Bertz CT molecular complexity index is 422. The molecular weight excluding hydrogens is 248 g/mol. The molecule has 6 nitrogen and oxygen atoms in total. The van der Waals surface area contributed by atoms with Gasteiger partial charge in [-0.2, -0.15) is 0 Å². The molecule has 1 aliphatic rings. The number of rotatable bonds is 3. The minimum absolute atomic E-state index is 0.0725. The summed E-state index contributed by atoms with van der Waals surface area (Å²) in [5.74, 6) is 0.104. The van der Waals surface area contributed by atoms with Crippen molar-refractivity contribution in [3.8, 4) is 0 Å². The fourth-order valence-corrected chi connectivity index (χ4v) is 2.09. The number of nitrogens with one attached hydrogen (secondary N) is 1. The summed E-state index contributed by atoms with van der Waals surface area (Å²) < 4.78 is 9.97. The summed E-state index contributed by atoms with van der Waals surface area (Å²) >= 11 is 0. The molecule has 0 atom stereocenters. The minimum Gasteiger partial charge on any atom is -0.459 e. The van der Waals surface area contributed by atoms with Gasteiger partial charge in [0, 0.05) is 19.1 Å². The van der Waals surface area contributed by atoms with Crippen LogP contribution < -0.4 is 5.32 Å². The number of furan rings is 1. The third-order valence-electron chi connectivity index (χ3n) is 3.10. The van der Waals surface area contributed by atoms with Crippen molar-refractivity contribution in [3.05, 3.63) is 24.2 Å². The molecule has 2 heterocycles. The van der Waals surface area contributed by atoms with Gasteiger partial charge in [-0.15, -0.1) is 0 Å². The van der Waals surface area contributed by atoms with Gasteiger partial charge in [0.05, 0.1) is 12.9 Å². The fourth-order valence-electron chi connectivity index (χ4n) is 2.09. The number of hydrogen-bond acceptors (Lipinski definition) is 4. The van der Waals surface area contributed by atoms with Crippen LogP contribution in [0.15, 0.2) is 22.8 Å². The first-order chi connectivity index (χ1) is 9.20. The molecule has 104 valence electrons. The maximum Gasteiger partial charge on any atom is 0.409 e. The second-order valence-corrected chi connectivity index (χ2v) is 4.41. The van der Waals surface area contributed by atoms with Crippen molar-refractivity contribution in [1.29, 1.82) is 0 Å². The molecule has 1 N–H and O–H groups in total. The van der Waals surface area contributed by atoms with Gasteiger partial charge in [0.15, 0.2) is 5.76 Å². The highest BCUT2D eigenvalue weighted by molar-refractivity contribution is 5.91. The van der Waals surface area contributed by atoms with Crippen molar-refractivity contribution in [2.24, 2.45) is 0 Å². The molecule has 0 aliphatic carbocycles. The molecule has 0 unspecified atom stereocenters. The van der Waals surface area contributed by atoms with E-state index in [0.717, 1.165) is 12.8 Å². The first-order valence-corrected chi connectivity index (χ1v) is 6.46. The predicted molar refractivity (Wildman–Crippen MR) is 67.8 cm³/mol. The molecule has 1 aromatic rings. The van der Waals surface area contributed by atoms with E-state index in [9.17, 15) is 9.59 Å². The summed E-state index contributed by atoms with van der Waals surface area (Å²) in [6, 6.07) is 3.38. The molecule has 0 radical (unpaired) electrons. The summed E-state index contributed by atoms with van der Waals surface area (Å²) in [6.45, 7) is 3.37. The van der Waals surface area contributed by atoms with Crippen LogP contribution in [0, 0.1) is 0 Å². The van der Waals surface area contributed by atoms with Crippen LogP contribution in [0.25, 0.3) is 0 Å². The van der Waals surface area contributed by atoms with Gasteiger partial charge in [-0.05, 0) is 31.9 Å². The minimum atomic E-state index is -0.279. The molecule has 1 fully saturated rings. The van der Waals surface area contributed by atoms with Gasteiger partial charge in [-0.25, -0.2) is 4.79 Å². The third kappa shape index (κ3) is 3.49. The number of nitrogens with zero attached hydrogens (tertiary/aromatic N) is 1. The van der Waals surface area contributed by atoms with E-state index < -0.39 is 0 Å². The van der Waals surface area contributed by atoms with E-state index in [1.165, 1.54) is 6.26 Å². The second kappa shape index (κ2) is 6.26. The van der Waals surface area contributed by atoms with Gasteiger partial charge in [0.2, 0.25) is 0 Å². The van der Waals surface area contributed by atoms with E-state index in [1.54, 1.807) is 24.0 Å². The Morgan fingerprint density at radius 3 is 2.79 bits per heavy atom. The smallest absolute Gasteiger partial charge is 0.409 e. The van der Waals surface area contributed by atoms with Crippen molar-refractivity contribution in [3.63, 3.8) is 0 Å². The van der Waals surface area contributed by atoms with Crippen LogP contribution in [-0.2, 0) is 4.74 Å². The van der Waals surface area contributed by atoms with Crippen molar-refractivity contribution >= 4 is 12.0 Å². The first kappa shape index (κ1) is 13.5. The lowest BCUT2D eigenvalue weighted by atomic mass is 10.1. The molecule has 1 aromatic heterocycles. The van der Waals surface area contributed by atoms with Gasteiger partial charge >= 0.3 is 6.09 Å². The largest absolute Gasteiger partial charge is 0.459 e. The highest BCUT2D eigenvalue weighted by Gasteiger charge is 2.25. The van der Waals surface area contributed by atoms with Gasteiger partial charge < -0.3 is 19.4 Å². The second-order valence-electron chi connectivity index (χ2n) is 4.41. The number of likely N-dealkylation sites (tertiary alicyclic amines) is 1. The van der Waals surface area contributed by atoms with E-state index in [4.69, 9.17) is 9.15 Å². The normalized spacial score (nSPS) is 16.2. The molecule has 2 amide bonds. The maximum atomic E-state index is 11.8. The lowest BCUT2D eigenvalue weighted by molar-refractivity contribution is 0.0840. The van der Waals surface area contributed by atoms with Crippen molar-refractivity contribution < 1.29 is 18.7 Å². The molecule has 1 saturated heterocycles. The predicted octanol–water partition coefficient (Wildman–Crippen LogP) is 1.63. The first-order valence-electron chi connectivity index (χ1n) is 6.46. The molecule has 1 aliphatic heterocycles. The highest BCUT2D eigenvalue weighted by atomic mass is 16.6. The van der Waals surface area contributed by atoms with Crippen LogP contribution in [0.5, 0.6) is 0 Å². The van der Waals surface area contributed by atoms with Gasteiger partial charge in [0.1, 0.15) is 0 Å². The van der Waals surface area contributed by atoms with Crippen LogP contribution in [-0.4, -0.2) is 42.6 Å². The van der Waals surface area contributed by atoms with E-state index in [0.29, 0.717) is 25.5 Å². The monoisotopic (exact) mass is 266 g/mol. The van der Waals surface area contributed by atoms with E-state index in [-0.39, 0.29) is 18.0 Å². The summed E-state index contributed by atoms with van der Waals surface area (Å²) in [5, 5.41) is 2.90. The molecule has 0 bridgehead atoms. The van der Waals surface area contributed by atoms with Crippen molar-refractivity contribution in [2.45, 2.75) is 25.8 Å². The van der Waals surface area contributed by atoms with Crippen LogP contribution in [0.3, 0.4) is 0 Å². The summed E-state index contributed by atoms with van der Waals surface area (Å²) in [7, 11) is 0. The van der Waals surface area contributed by atoms with Crippen LogP contribution in [0.1, 0.15) is 30.3 Å². The molecule has 6 heteroatoms. The van der Waals surface area contributed by atoms with E-state index >= 15 is 0 Å². The maximum absolute atomic E-state index is 11.8. The Morgan fingerprint density at radius 1 is 1.47 bits per heavy atom. The van der Waals surface area contributed by atoms with Crippen LogP contribution in [0.4, 0.5) is 4.79 Å². The average Bonchev–Trinajstić information content (AvgIpc) is 2.94. The number of carbonyl (C=O) groups is 2. The Balaban J connectivity index is 1.77. The number of amides is 2. The summed E-state index contributed by atoms with van der Waals surface area (Å²) in [6.07, 6.45) is 2.65. The molecule has 0 spiro atoms. The lowest BCUT2D eigenvalue weighted by Crippen LogP contribution is -2.46. The third-order valence-corrected chi connectivity index (χ3v) is 3.10. The average molecular weight is 266 g/mol. The van der Waals surface area contributed by atoms with Gasteiger partial charge in [0.25, 0.3) is 5.91 Å². The topological polar surface area (TPSA) is 71.8 Å². The zero-order chi connectivity index (χ0) is 13.7. The lowest BCUT2D eigenvalue weighted by Gasteiger charge is -2.31. The summed E-state index contributed by atoms with van der Waals surface area (Å²) in [4.78, 5) is 25.0. The van der Waals surface area contributed by atoms with E-state index in [1.807, 2.05) is 0 Å². The van der Waals surface area contributed by atoms with Gasteiger partial charge in [-0.3, -0.25) is 4.79 Å². The van der Waals surface area contributed by atoms with Crippen LogP contribution in [0.2, 0.25) is 0 Å². The summed E-state index contributed by atoms with van der Waals surface area (Å²) in [5.41, 5.74) is 0. The number of ether oxygens (including phenoxy) is 1. The molecule has 0 aromatic carbocycles. The number of carbonyl (C=O) groups excluding carboxylic acids is 2. The van der Waals surface area contributed by atoms with E-state index in [2.05, 4.69) is 5.32 Å². The zero-order valence-corrected chi connectivity index (χ0v) is 10.9. The Labute approximate surface area is 111 Å². The Morgan fingerprint density at radius 2 is 2.21 bits per heavy atom. The molecule has 2 rings (SSSR count). The molecular formula is C13H18N2O4. The molecule has 19 heavy (non-hydrogen) atoms. The zero-order valence-electron chi connectivity index (χ0n) is 10.9. The Kier molecular flexibility index (Phi) is 4.43. The Hall–Kier alpha value is -1.98. The van der Waals surface area contributed by atoms with Gasteiger partial charge in [-0.1, -0.05) is 0 Å². The highest BCUT2D eigenvalue weighted by Crippen LogP contribution is 2.12. The van der Waals surface area contributed by atoms with Crippen molar-refractivity contribution in [1.82, 2.24) is 10.2 Å². The standard InChI is InChI=1S/C13H18N2O4/c1-2-18-13(17)15-7-5-10(6-8-15)14-12(16)11-4-3-9-19-11/h3-4,9-10H,2,5-8H2,1H3,(H,14,16). The number of piperidine rings is 1. The fraction of sp³-hybridized carbons (Fsp3) is 0.538. The van der Waals surface area contributed by atoms with Crippen molar-refractivity contribution in [2.75, 3.05) is 19.7 Å². The number of hydrogen-bond donors (Lipinski definition) is 1. The molecule has 0 saturated carbocycles.